The Hall–Kier alpha value is -3.33. The third-order valence-corrected chi connectivity index (χ3v) is 11.6. The molecular formula is C35H51N5O8S. The third kappa shape index (κ3) is 11.3. The second-order valence-electron chi connectivity index (χ2n) is 13.9. The highest BCUT2D eigenvalue weighted by Crippen LogP contribution is 2.36. The molecule has 2 heterocycles. The first-order valence-electron chi connectivity index (χ1n) is 17.6. The number of amides is 3. The van der Waals surface area contributed by atoms with E-state index < -0.39 is 69.3 Å². The van der Waals surface area contributed by atoms with Gasteiger partial charge in [0.2, 0.25) is 17.7 Å². The first kappa shape index (κ1) is 36.9. The van der Waals surface area contributed by atoms with E-state index >= 15 is 0 Å². The number of morpholine rings is 1. The number of sulfone groups is 1. The molecule has 2 aliphatic carbocycles. The van der Waals surface area contributed by atoms with Crippen LogP contribution in [0.3, 0.4) is 0 Å². The second-order valence-corrected chi connectivity index (χ2v) is 16.1. The van der Waals surface area contributed by atoms with E-state index in [0.29, 0.717) is 44.3 Å². The number of ether oxygens (including phenoxy) is 1. The number of benzene rings is 1. The zero-order chi connectivity index (χ0) is 34.8. The normalized spacial score (nSPS) is 20.5. The predicted molar refractivity (Wildman–Crippen MR) is 182 cm³/mol. The van der Waals surface area contributed by atoms with E-state index in [0.717, 1.165) is 50.5 Å². The number of aromatic nitrogens is 2. The van der Waals surface area contributed by atoms with Crippen LogP contribution in [0.15, 0.2) is 42.9 Å². The fraction of sp³-hybridized carbons (Fsp3) is 0.657. The third-order valence-electron chi connectivity index (χ3n) is 9.98. The Kier molecular flexibility index (Phi) is 13.2. The van der Waals surface area contributed by atoms with Gasteiger partial charge in [-0.3, -0.25) is 14.4 Å². The number of nitrogens with zero attached hydrogens (tertiary/aromatic N) is 2. The van der Waals surface area contributed by atoms with Crippen LogP contribution in [-0.4, -0.2) is 113 Å². The summed E-state index contributed by atoms with van der Waals surface area (Å²) in [5.41, 5.74) is 1.31. The average Bonchev–Trinajstić information content (AvgIpc) is 3.83. The van der Waals surface area contributed by atoms with Crippen LogP contribution < -0.4 is 10.6 Å². The van der Waals surface area contributed by atoms with Crippen molar-refractivity contribution < 1.29 is 37.8 Å². The molecular weight excluding hydrogens is 650 g/mol. The monoisotopic (exact) mass is 701 g/mol. The molecule has 13 nitrogen and oxygen atoms in total. The maximum absolute atomic E-state index is 14.0. The summed E-state index contributed by atoms with van der Waals surface area (Å²) in [5.74, 6) is -3.84. The predicted octanol–water partition coefficient (Wildman–Crippen LogP) is 1.16. The Balaban J connectivity index is 1.33. The number of carbonyl (C=O) groups excluding carboxylic acids is 3. The van der Waals surface area contributed by atoms with Crippen LogP contribution in [0.5, 0.6) is 0 Å². The van der Waals surface area contributed by atoms with Gasteiger partial charge in [-0.25, -0.2) is 13.4 Å². The molecule has 270 valence electrons. The number of imidazole rings is 1. The molecule has 0 unspecified atom stereocenters. The molecule has 5 atom stereocenters. The molecule has 1 aromatic carbocycles. The Labute approximate surface area is 288 Å². The number of H-pyrrole nitrogens is 1. The molecule has 3 fully saturated rings. The molecule has 3 amide bonds. The quantitative estimate of drug-likeness (QED) is 0.161. The highest BCUT2D eigenvalue weighted by Gasteiger charge is 2.40. The van der Waals surface area contributed by atoms with E-state index in [1.807, 2.05) is 6.07 Å². The summed E-state index contributed by atoms with van der Waals surface area (Å²) < 4.78 is 32.1. The highest BCUT2D eigenvalue weighted by atomic mass is 32.2. The van der Waals surface area contributed by atoms with Gasteiger partial charge in [-0.05, 0) is 43.1 Å². The van der Waals surface area contributed by atoms with Crippen LogP contribution in [0, 0.1) is 17.8 Å². The van der Waals surface area contributed by atoms with Crippen LogP contribution in [-0.2, 0) is 41.8 Å². The van der Waals surface area contributed by atoms with Crippen molar-refractivity contribution >= 4 is 27.6 Å². The van der Waals surface area contributed by atoms with Crippen molar-refractivity contribution in [2.45, 2.75) is 88.5 Å². The molecule has 1 aromatic heterocycles. The molecule has 5 N–H and O–H groups in total. The fourth-order valence-electron chi connectivity index (χ4n) is 7.00. The molecule has 1 saturated heterocycles. The minimum Gasteiger partial charge on any atom is -0.390 e. The zero-order valence-electron chi connectivity index (χ0n) is 28.0. The smallest absolute Gasteiger partial charge is 0.243 e. The molecule has 3 aliphatic rings. The van der Waals surface area contributed by atoms with E-state index in [-0.39, 0.29) is 18.8 Å². The van der Waals surface area contributed by atoms with Gasteiger partial charge in [0, 0.05) is 31.4 Å². The largest absolute Gasteiger partial charge is 0.390 e. The first-order valence-corrected chi connectivity index (χ1v) is 19.4. The maximum Gasteiger partial charge on any atom is 0.243 e. The van der Waals surface area contributed by atoms with E-state index in [1.54, 1.807) is 30.5 Å². The van der Waals surface area contributed by atoms with Crippen molar-refractivity contribution in [3.05, 3.63) is 54.1 Å². The van der Waals surface area contributed by atoms with E-state index in [9.17, 15) is 33.0 Å². The Bertz CT molecular complexity index is 1460. The van der Waals surface area contributed by atoms with Gasteiger partial charge in [-0.1, -0.05) is 62.4 Å². The minimum atomic E-state index is -4.03. The number of aromatic amines is 1. The second kappa shape index (κ2) is 17.6. The van der Waals surface area contributed by atoms with Crippen molar-refractivity contribution in [2.75, 3.05) is 37.8 Å². The molecule has 2 saturated carbocycles. The van der Waals surface area contributed by atoms with Gasteiger partial charge in [-0.15, -0.1) is 0 Å². The molecule has 1 aliphatic heterocycles. The van der Waals surface area contributed by atoms with E-state index in [1.165, 1.54) is 11.2 Å². The first-order chi connectivity index (χ1) is 23.6. The molecule has 5 rings (SSSR count). The van der Waals surface area contributed by atoms with Gasteiger partial charge < -0.3 is 35.5 Å². The van der Waals surface area contributed by atoms with Crippen molar-refractivity contribution in [3.63, 3.8) is 0 Å². The van der Waals surface area contributed by atoms with Gasteiger partial charge in [0.1, 0.15) is 17.9 Å². The summed E-state index contributed by atoms with van der Waals surface area (Å²) >= 11 is 0. The van der Waals surface area contributed by atoms with Crippen LogP contribution in [0.25, 0.3) is 0 Å². The summed E-state index contributed by atoms with van der Waals surface area (Å²) in [6, 6.07) is 7.14. The van der Waals surface area contributed by atoms with Gasteiger partial charge in [-0.2, -0.15) is 0 Å². The number of aliphatic hydroxyl groups excluding tert-OH is 2. The van der Waals surface area contributed by atoms with E-state index in [4.69, 9.17) is 4.74 Å². The minimum absolute atomic E-state index is 0.00271. The lowest BCUT2D eigenvalue weighted by Gasteiger charge is -2.33. The van der Waals surface area contributed by atoms with Crippen molar-refractivity contribution in [2.24, 2.45) is 17.8 Å². The van der Waals surface area contributed by atoms with Crippen LogP contribution >= 0.6 is 0 Å². The molecule has 14 heteroatoms. The lowest BCUT2D eigenvalue weighted by atomic mass is 9.82. The molecule has 2 aromatic rings. The Morgan fingerprint density at radius 2 is 1.67 bits per heavy atom. The number of rotatable bonds is 17. The summed E-state index contributed by atoms with van der Waals surface area (Å²) in [6.07, 6.45) is 8.42. The topological polar surface area (TPSA) is 191 Å². The van der Waals surface area contributed by atoms with Gasteiger partial charge in [0.15, 0.2) is 9.84 Å². The standard InChI is InChI=1S/C35H51N5O8S/c41-31(40-13-15-48-16-14-40)22-49(46,47)21-27(17-24-7-3-1-4-8-24)34(44)39-30(19-28-20-36-23-37-28)35(45)38-29(18-25-9-5-2-6-10-25)33(43)32(42)26-11-12-26/h1,3-4,7-8,20,23,25-27,29-30,32-33,42-43H,2,5-6,9-19,21-22H2,(H,36,37)(H,38,45)(H,39,44)/t27-,29+,30+,32+,33-/m1/s1. The number of hydrogen-bond donors (Lipinski definition) is 5. The number of aliphatic hydroxyl groups is 2. The Morgan fingerprint density at radius 1 is 0.959 bits per heavy atom. The zero-order valence-corrected chi connectivity index (χ0v) is 28.9. The van der Waals surface area contributed by atoms with Crippen LogP contribution in [0.1, 0.15) is 62.6 Å². The van der Waals surface area contributed by atoms with Gasteiger partial charge in [0.25, 0.3) is 0 Å². The van der Waals surface area contributed by atoms with E-state index in [2.05, 4.69) is 20.6 Å². The summed E-state index contributed by atoms with van der Waals surface area (Å²) in [5, 5.41) is 27.9. The van der Waals surface area contributed by atoms with Crippen LogP contribution in [0.2, 0.25) is 0 Å². The lowest BCUT2D eigenvalue weighted by molar-refractivity contribution is -0.132. The number of carbonyl (C=O) groups is 3. The SMILES string of the molecule is O=C(N[C@@H](Cc1cnc[nH]1)C(=O)N[C@@H](CC1CCCCC1)[C@@H](O)[C@@H](O)C1CC1)[C@H](Cc1ccccc1)CS(=O)(=O)CC(=O)N1CCOCC1. The molecule has 0 bridgehead atoms. The molecule has 0 radical (unpaired) electrons. The maximum atomic E-state index is 14.0. The number of hydrogen-bond acceptors (Lipinski definition) is 9. The van der Waals surface area contributed by atoms with Crippen molar-refractivity contribution in [3.8, 4) is 0 Å². The molecule has 0 spiro atoms. The van der Waals surface area contributed by atoms with Crippen molar-refractivity contribution in [1.82, 2.24) is 25.5 Å². The molecule has 49 heavy (non-hydrogen) atoms. The average molecular weight is 702 g/mol. The fourth-order valence-corrected chi connectivity index (χ4v) is 8.56. The summed E-state index contributed by atoms with van der Waals surface area (Å²) in [4.78, 5) is 49.3. The summed E-state index contributed by atoms with van der Waals surface area (Å²) in [6.45, 7) is 1.28. The Morgan fingerprint density at radius 3 is 2.33 bits per heavy atom. The number of nitrogens with one attached hydrogen (secondary N) is 3. The van der Waals surface area contributed by atoms with Crippen LogP contribution in [0.4, 0.5) is 0 Å². The summed E-state index contributed by atoms with van der Waals surface area (Å²) in [7, 11) is -4.03. The van der Waals surface area contributed by atoms with Gasteiger partial charge >= 0.3 is 0 Å². The van der Waals surface area contributed by atoms with Crippen molar-refractivity contribution in [1.29, 1.82) is 0 Å². The highest BCUT2D eigenvalue weighted by molar-refractivity contribution is 7.92. The lowest BCUT2D eigenvalue weighted by Crippen LogP contribution is -2.57. The van der Waals surface area contributed by atoms with Gasteiger partial charge in [0.05, 0.1) is 43.4 Å².